The van der Waals surface area contributed by atoms with Crippen molar-refractivity contribution in [2.75, 3.05) is 13.7 Å². The Kier molecular flexibility index (Phi) is 5.91. The zero-order valence-electron chi connectivity index (χ0n) is 14.2. The molecule has 0 fully saturated rings. The number of amides is 1. The Morgan fingerprint density at radius 3 is 2.67 bits per heavy atom. The van der Waals surface area contributed by atoms with E-state index in [1.807, 2.05) is 44.2 Å². The fraction of sp³-hybridized carbons (Fsp3) is 0.316. The molecule has 2 N–H and O–H groups in total. The van der Waals surface area contributed by atoms with Crippen LogP contribution in [0.1, 0.15) is 20.3 Å². The minimum Gasteiger partial charge on any atom is -0.458 e. The zero-order chi connectivity index (χ0) is 17.7. The van der Waals surface area contributed by atoms with Gasteiger partial charge in [0.05, 0.1) is 6.61 Å². The molecular formula is C19H23NO3S. The smallest absolute Gasteiger partial charge is 0.248 e. The molecule has 0 heterocycles. The molecule has 0 spiro atoms. The minimum absolute atomic E-state index is 0.348. The SMILES string of the molecule is COCC1=CC=C(OC2=CC(C)(C)C=C(C(N)=O)C=C2)C=C(S)C1. The van der Waals surface area contributed by atoms with Crippen molar-refractivity contribution in [3.05, 3.63) is 70.1 Å². The van der Waals surface area contributed by atoms with E-state index < -0.39 is 5.91 Å². The summed E-state index contributed by atoms with van der Waals surface area (Å²) in [6, 6.07) is 0. The van der Waals surface area contributed by atoms with Crippen LogP contribution in [0.4, 0.5) is 0 Å². The summed E-state index contributed by atoms with van der Waals surface area (Å²) in [6.07, 6.45) is 13.7. The quantitative estimate of drug-likeness (QED) is 0.749. The van der Waals surface area contributed by atoms with Crippen LogP contribution in [0.2, 0.25) is 0 Å². The number of carbonyl (C=O) groups excluding carboxylic acids is 1. The van der Waals surface area contributed by atoms with Crippen LogP contribution in [0.25, 0.3) is 0 Å². The second-order valence-corrected chi connectivity index (χ2v) is 6.98. The summed E-state index contributed by atoms with van der Waals surface area (Å²) >= 11 is 4.49. The first-order chi connectivity index (χ1) is 11.3. The number of allylic oxidation sites excluding steroid dienone is 7. The topological polar surface area (TPSA) is 61.6 Å². The molecule has 0 saturated carbocycles. The third-order valence-electron chi connectivity index (χ3n) is 3.52. The lowest BCUT2D eigenvalue weighted by Gasteiger charge is -2.16. The molecule has 2 aliphatic carbocycles. The van der Waals surface area contributed by atoms with Crippen molar-refractivity contribution < 1.29 is 14.3 Å². The Balaban J connectivity index is 2.24. The van der Waals surface area contributed by atoms with E-state index in [4.69, 9.17) is 15.2 Å². The number of hydrogen-bond donors (Lipinski definition) is 2. The predicted molar refractivity (Wildman–Crippen MR) is 99.1 cm³/mol. The molecule has 0 saturated heterocycles. The van der Waals surface area contributed by atoms with Crippen molar-refractivity contribution in [1.82, 2.24) is 0 Å². The predicted octanol–water partition coefficient (Wildman–Crippen LogP) is 3.57. The van der Waals surface area contributed by atoms with Crippen LogP contribution in [-0.4, -0.2) is 19.6 Å². The summed E-state index contributed by atoms with van der Waals surface area (Å²) in [7, 11) is 1.67. The summed E-state index contributed by atoms with van der Waals surface area (Å²) < 4.78 is 11.2. The summed E-state index contributed by atoms with van der Waals surface area (Å²) in [5, 5.41) is 0. The number of carbonyl (C=O) groups is 1. The molecule has 128 valence electrons. The maximum absolute atomic E-state index is 11.5. The van der Waals surface area contributed by atoms with E-state index in [0.29, 0.717) is 23.7 Å². The third-order valence-corrected chi connectivity index (χ3v) is 3.81. The largest absolute Gasteiger partial charge is 0.458 e. The van der Waals surface area contributed by atoms with Gasteiger partial charge in [0.1, 0.15) is 11.5 Å². The first-order valence-corrected chi connectivity index (χ1v) is 8.13. The summed E-state index contributed by atoms with van der Waals surface area (Å²) in [5.74, 6) is 0.882. The van der Waals surface area contributed by atoms with Crippen molar-refractivity contribution in [2.45, 2.75) is 20.3 Å². The van der Waals surface area contributed by atoms with E-state index in [2.05, 4.69) is 12.6 Å². The van der Waals surface area contributed by atoms with Gasteiger partial charge in [0.2, 0.25) is 5.91 Å². The second kappa shape index (κ2) is 7.73. The van der Waals surface area contributed by atoms with Crippen molar-refractivity contribution in [3.8, 4) is 0 Å². The molecule has 0 atom stereocenters. The molecule has 0 radical (unpaired) electrons. The first kappa shape index (κ1) is 18.4. The van der Waals surface area contributed by atoms with Crippen LogP contribution in [0.5, 0.6) is 0 Å². The highest BCUT2D eigenvalue weighted by Gasteiger charge is 2.19. The molecule has 2 aliphatic rings. The fourth-order valence-corrected chi connectivity index (χ4v) is 2.86. The Labute approximate surface area is 148 Å². The Morgan fingerprint density at radius 2 is 2.00 bits per heavy atom. The lowest BCUT2D eigenvalue weighted by molar-refractivity contribution is -0.114. The van der Waals surface area contributed by atoms with Gasteiger partial charge in [-0.15, -0.1) is 12.6 Å². The van der Waals surface area contributed by atoms with Crippen molar-refractivity contribution in [2.24, 2.45) is 11.1 Å². The van der Waals surface area contributed by atoms with Gasteiger partial charge in [0.15, 0.2) is 0 Å². The van der Waals surface area contributed by atoms with Crippen LogP contribution in [0.15, 0.2) is 70.1 Å². The van der Waals surface area contributed by atoms with E-state index in [1.165, 1.54) is 0 Å². The Bertz CT molecular complexity index is 706. The van der Waals surface area contributed by atoms with Crippen LogP contribution < -0.4 is 5.73 Å². The fourth-order valence-electron chi connectivity index (χ4n) is 2.53. The van der Waals surface area contributed by atoms with E-state index in [-0.39, 0.29) is 5.41 Å². The number of methoxy groups -OCH3 is 1. The molecular weight excluding hydrogens is 322 g/mol. The maximum atomic E-state index is 11.5. The van der Waals surface area contributed by atoms with E-state index in [1.54, 1.807) is 19.3 Å². The number of primary amides is 1. The number of nitrogens with two attached hydrogens (primary N) is 1. The molecule has 0 aliphatic heterocycles. The number of hydrogen-bond acceptors (Lipinski definition) is 4. The molecule has 0 bridgehead atoms. The third kappa shape index (κ3) is 5.28. The summed E-state index contributed by atoms with van der Waals surface area (Å²) in [6.45, 7) is 4.54. The van der Waals surface area contributed by atoms with Gasteiger partial charge in [-0.05, 0) is 40.9 Å². The van der Waals surface area contributed by atoms with Gasteiger partial charge in [-0.25, -0.2) is 0 Å². The van der Waals surface area contributed by atoms with E-state index in [0.717, 1.165) is 16.9 Å². The molecule has 0 aromatic rings. The minimum atomic E-state index is -0.452. The highest BCUT2D eigenvalue weighted by atomic mass is 32.1. The van der Waals surface area contributed by atoms with Crippen molar-refractivity contribution >= 4 is 18.5 Å². The molecule has 0 aromatic carbocycles. The van der Waals surface area contributed by atoms with Crippen LogP contribution >= 0.6 is 12.6 Å². The Morgan fingerprint density at radius 1 is 1.25 bits per heavy atom. The number of thiol groups is 1. The van der Waals surface area contributed by atoms with Crippen LogP contribution in [-0.2, 0) is 14.3 Å². The summed E-state index contributed by atoms with van der Waals surface area (Å²) in [4.78, 5) is 12.4. The summed E-state index contributed by atoms with van der Waals surface area (Å²) in [5.41, 5.74) is 6.64. The van der Waals surface area contributed by atoms with Gasteiger partial charge in [-0.1, -0.05) is 26.0 Å². The monoisotopic (exact) mass is 345 g/mol. The molecule has 0 unspecified atom stereocenters. The number of rotatable bonds is 5. The zero-order valence-corrected chi connectivity index (χ0v) is 15.1. The molecule has 0 aromatic heterocycles. The first-order valence-electron chi connectivity index (χ1n) is 7.69. The van der Waals surface area contributed by atoms with Gasteiger partial charge in [0, 0.05) is 24.5 Å². The van der Waals surface area contributed by atoms with Gasteiger partial charge >= 0.3 is 0 Å². The normalized spacial score (nSPS) is 19.9. The van der Waals surface area contributed by atoms with Gasteiger partial charge in [0.25, 0.3) is 0 Å². The standard InChI is InChI=1S/C19H23NO3S/c1-19(2)10-14(18(20)21)5-7-16(11-19)23-15-6-4-13(12-22-3)8-17(24)9-15/h4-7,9-11,24H,8,12H2,1-3H3,(H2,20,21). The highest BCUT2D eigenvalue weighted by molar-refractivity contribution is 7.84. The second-order valence-electron chi connectivity index (χ2n) is 6.41. The molecule has 1 amide bonds. The highest BCUT2D eigenvalue weighted by Crippen LogP contribution is 2.29. The van der Waals surface area contributed by atoms with E-state index >= 15 is 0 Å². The Hall–Kier alpha value is -1.98. The van der Waals surface area contributed by atoms with Crippen molar-refractivity contribution in [3.63, 3.8) is 0 Å². The average Bonchev–Trinajstić information content (AvgIpc) is 2.73. The van der Waals surface area contributed by atoms with Crippen LogP contribution in [0, 0.1) is 5.41 Å². The lowest BCUT2D eigenvalue weighted by atomic mass is 9.91. The van der Waals surface area contributed by atoms with Crippen LogP contribution in [0.3, 0.4) is 0 Å². The molecule has 5 heteroatoms. The molecule has 4 nitrogen and oxygen atoms in total. The van der Waals surface area contributed by atoms with Gasteiger partial charge < -0.3 is 15.2 Å². The average molecular weight is 345 g/mol. The maximum Gasteiger partial charge on any atom is 0.248 e. The van der Waals surface area contributed by atoms with Gasteiger partial charge in [-0.3, -0.25) is 4.79 Å². The van der Waals surface area contributed by atoms with E-state index in [9.17, 15) is 4.79 Å². The van der Waals surface area contributed by atoms with Crippen molar-refractivity contribution in [1.29, 1.82) is 0 Å². The molecule has 24 heavy (non-hydrogen) atoms. The lowest BCUT2D eigenvalue weighted by Crippen LogP contribution is -2.15. The van der Waals surface area contributed by atoms with Gasteiger partial charge in [-0.2, -0.15) is 0 Å². The molecule has 2 rings (SSSR count). The number of ether oxygens (including phenoxy) is 2.